The van der Waals surface area contributed by atoms with Crippen LogP contribution in [0.5, 0.6) is 23.0 Å². The van der Waals surface area contributed by atoms with Crippen LogP contribution in [-0.2, 0) is 35.9 Å². The number of hydrogen-bond donors (Lipinski definition) is 0. The van der Waals surface area contributed by atoms with E-state index in [1.807, 2.05) is 182 Å². The van der Waals surface area contributed by atoms with Crippen molar-refractivity contribution in [1.82, 2.24) is 0 Å². The predicted molar refractivity (Wildman–Crippen MR) is 368 cm³/mol. The van der Waals surface area contributed by atoms with Gasteiger partial charge in [-0.1, -0.05) is 255 Å². The Labute approximate surface area is 533 Å². The van der Waals surface area contributed by atoms with Crippen molar-refractivity contribution in [3.8, 4) is 89.8 Å². The molecule has 0 N–H and O–H groups in total. The molecule has 0 saturated heterocycles. The molecule has 14 aromatic carbocycles. The highest BCUT2D eigenvalue weighted by atomic mass is 16.5. The lowest BCUT2D eigenvalue weighted by atomic mass is 9.91. The van der Waals surface area contributed by atoms with Crippen molar-refractivity contribution < 1.29 is 38.0 Å². The van der Waals surface area contributed by atoms with Crippen LogP contribution in [0.25, 0.3) is 110 Å². The number of ether oxygens (including phenoxy) is 6. The van der Waals surface area contributed by atoms with Gasteiger partial charge in [0, 0.05) is 22.3 Å². The molecule has 0 atom stereocenters. The summed E-state index contributed by atoms with van der Waals surface area (Å²) in [5.41, 5.74) is 14.9. The van der Waals surface area contributed by atoms with Gasteiger partial charge in [-0.3, -0.25) is 0 Å². The Balaban J connectivity index is 0.840. The van der Waals surface area contributed by atoms with E-state index in [0.717, 1.165) is 132 Å². The van der Waals surface area contributed by atoms with Gasteiger partial charge in [0.2, 0.25) is 0 Å². The Kier molecular flexibility index (Phi) is 15.2. The number of esters is 2. The fourth-order valence-electron chi connectivity index (χ4n) is 13.0. The summed E-state index contributed by atoms with van der Waals surface area (Å²) >= 11 is 0. The van der Waals surface area contributed by atoms with Crippen LogP contribution in [0, 0.1) is 0 Å². The molecule has 14 aromatic rings. The summed E-state index contributed by atoms with van der Waals surface area (Å²) in [6.07, 6.45) is 0. The summed E-state index contributed by atoms with van der Waals surface area (Å²) in [5, 5.41) is 8.36. The summed E-state index contributed by atoms with van der Waals surface area (Å²) in [4.78, 5) is 28.0. The summed E-state index contributed by atoms with van der Waals surface area (Å²) < 4.78 is 38.7. The number of rotatable bonds is 2. The Morgan fingerprint density at radius 1 is 0.261 bits per heavy atom. The van der Waals surface area contributed by atoms with Gasteiger partial charge < -0.3 is 28.4 Å². The predicted octanol–water partition coefficient (Wildman–Crippen LogP) is 20.5. The molecule has 12 bridgehead atoms. The topological polar surface area (TPSA) is 89.5 Å². The fraction of sp³-hybridized carbons (Fsp3) is 0.0714. The maximum absolute atomic E-state index is 14.0. The van der Waals surface area contributed by atoms with Crippen molar-refractivity contribution in [2.24, 2.45) is 0 Å². The summed E-state index contributed by atoms with van der Waals surface area (Å²) in [6, 6.07) is 94.5. The first-order valence-corrected chi connectivity index (χ1v) is 30.7. The van der Waals surface area contributed by atoms with Crippen LogP contribution in [0.3, 0.4) is 0 Å². The van der Waals surface area contributed by atoms with Gasteiger partial charge in [0.05, 0.1) is 25.3 Å². The van der Waals surface area contributed by atoms with E-state index in [1.165, 1.54) is 14.2 Å². The second-order valence-electron chi connectivity index (χ2n) is 23.0. The van der Waals surface area contributed by atoms with Gasteiger partial charge in [-0.25, -0.2) is 9.59 Å². The Hall–Kier alpha value is -11.7. The average molecular weight is 1200 g/mol. The van der Waals surface area contributed by atoms with Crippen LogP contribution in [0.1, 0.15) is 43.0 Å². The van der Waals surface area contributed by atoms with Crippen LogP contribution in [0.4, 0.5) is 0 Å². The van der Waals surface area contributed by atoms with Gasteiger partial charge in [0.15, 0.2) is 0 Å². The van der Waals surface area contributed by atoms with Crippen LogP contribution in [0.2, 0.25) is 0 Å². The molecule has 21 rings (SSSR count). The zero-order valence-corrected chi connectivity index (χ0v) is 50.7. The molecule has 7 heterocycles. The Morgan fingerprint density at radius 2 is 0.489 bits per heavy atom. The lowest BCUT2D eigenvalue weighted by Crippen LogP contribution is -2.06. The minimum Gasteiger partial charge on any atom is -0.488 e. The molecule has 0 saturated carbocycles. The quantitative estimate of drug-likeness (QED) is 0.158. The third kappa shape index (κ3) is 10.8. The molecular formula is C84H60O8. The number of fused-ring (bicyclic) bond motifs is 4. The Morgan fingerprint density at radius 3 is 0.717 bits per heavy atom. The minimum absolute atomic E-state index is 0.270. The van der Waals surface area contributed by atoms with Gasteiger partial charge >= 0.3 is 11.9 Å². The maximum Gasteiger partial charge on any atom is 0.339 e. The molecule has 92 heavy (non-hydrogen) atoms. The van der Waals surface area contributed by atoms with Gasteiger partial charge in [0.25, 0.3) is 0 Å². The van der Waals surface area contributed by atoms with E-state index in [9.17, 15) is 9.59 Å². The lowest BCUT2D eigenvalue weighted by Gasteiger charge is -2.20. The standard InChI is InChI=1S/C84H60O8/c1-87-83(85)77-65-21-11-22-66(77)62-35-27-54(28-36-62)50-90-74-46-42-58-14-4-8-18-70(58)80(74)82-72-20-10-6-16-60(72)44-48-76(82)92-52-56-31-39-64(40-32-56)68-24-12-23-67(78(68)84(86)88-2)63-37-29-55(30-38-63)51-91-75-47-43-59-15-5-9-19-71(59)81(75)79-69-17-7-3-13-57(69)41-45-73(79)89-49-53-25-33-61(65)34-26-53/h3-48H,49-52H2,1-2H3. The summed E-state index contributed by atoms with van der Waals surface area (Å²) in [6.45, 7) is 1.08. The maximum atomic E-state index is 14.0. The summed E-state index contributed by atoms with van der Waals surface area (Å²) in [5.74, 6) is 1.96. The largest absolute Gasteiger partial charge is 0.488 e. The number of carbonyl (C=O) groups is 2. The number of benzene rings is 14. The third-order valence-electron chi connectivity index (χ3n) is 17.6. The molecule has 444 valence electrons. The number of hydrogen-bond acceptors (Lipinski definition) is 8. The first-order valence-electron chi connectivity index (χ1n) is 30.7. The zero-order valence-electron chi connectivity index (χ0n) is 50.7. The first kappa shape index (κ1) is 56.7. The van der Waals surface area contributed by atoms with E-state index >= 15 is 0 Å². The first-order chi connectivity index (χ1) is 45.3. The second kappa shape index (κ2) is 24.7. The van der Waals surface area contributed by atoms with Crippen molar-refractivity contribution >= 4 is 55.0 Å². The highest BCUT2D eigenvalue weighted by Crippen LogP contribution is 2.49. The molecule has 8 heteroatoms. The van der Waals surface area contributed by atoms with Crippen LogP contribution in [-0.4, -0.2) is 26.2 Å². The van der Waals surface area contributed by atoms with E-state index < -0.39 is 11.9 Å². The average Bonchev–Trinajstić information content (AvgIpc) is 0.816. The highest BCUT2D eigenvalue weighted by molar-refractivity contribution is 6.12. The normalized spacial score (nSPS) is 12.3. The molecule has 7 aliphatic heterocycles. The van der Waals surface area contributed by atoms with E-state index in [-0.39, 0.29) is 26.4 Å². The lowest BCUT2D eigenvalue weighted by molar-refractivity contribution is 0.0593. The SMILES string of the molecule is COC(=O)c1c2cccc1-c1ccc(cc1)COc1ccc3ccccc3c1-c1c(ccc3ccccc13)OCc1ccc(cc1)-c1cccc(c1C(=O)OC)-c1ccc(cc1)COc1ccc3ccccc3c1-c1c(ccc3ccccc13)OCc1ccc-2cc1. The van der Waals surface area contributed by atoms with Gasteiger partial charge in [0.1, 0.15) is 49.4 Å². The van der Waals surface area contributed by atoms with E-state index in [4.69, 9.17) is 28.4 Å². The molecule has 7 aliphatic rings. The van der Waals surface area contributed by atoms with Crippen LogP contribution in [0.15, 0.2) is 279 Å². The molecule has 0 fully saturated rings. The minimum atomic E-state index is -0.432. The van der Waals surface area contributed by atoms with Crippen molar-refractivity contribution in [1.29, 1.82) is 0 Å². The monoisotopic (exact) mass is 1200 g/mol. The van der Waals surface area contributed by atoms with E-state index in [0.29, 0.717) is 34.1 Å². The number of carbonyl (C=O) groups excluding carboxylic acids is 2. The van der Waals surface area contributed by atoms with E-state index in [2.05, 4.69) is 97.1 Å². The Bertz CT molecular complexity index is 4520. The van der Waals surface area contributed by atoms with Gasteiger partial charge in [-0.15, -0.1) is 0 Å². The molecule has 0 aliphatic carbocycles. The van der Waals surface area contributed by atoms with Crippen molar-refractivity contribution in [2.75, 3.05) is 14.2 Å². The molecule has 0 unspecified atom stereocenters. The van der Waals surface area contributed by atoms with Crippen molar-refractivity contribution in [3.63, 3.8) is 0 Å². The fourth-order valence-corrected chi connectivity index (χ4v) is 13.0. The van der Waals surface area contributed by atoms with Crippen molar-refractivity contribution in [3.05, 3.63) is 312 Å². The molecule has 0 spiro atoms. The summed E-state index contributed by atoms with van der Waals surface area (Å²) in [7, 11) is 2.85. The molecular weight excluding hydrogens is 1140 g/mol. The van der Waals surface area contributed by atoms with Crippen LogP contribution >= 0.6 is 0 Å². The molecule has 8 nitrogen and oxygen atoms in total. The molecule has 0 aromatic heterocycles. The van der Waals surface area contributed by atoms with Crippen molar-refractivity contribution in [2.45, 2.75) is 26.4 Å². The smallest absolute Gasteiger partial charge is 0.339 e. The molecule has 0 amide bonds. The number of methoxy groups -OCH3 is 2. The second-order valence-corrected chi connectivity index (χ2v) is 23.0. The molecule has 0 radical (unpaired) electrons. The highest BCUT2D eigenvalue weighted by Gasteiger charge is 2.25. The van der Waals surface area contributed by atoms with Gasteiger partial charge in [-0.05, 0) is 134 Å². The third-order valence-corrected chi connectivity index (χ3v) is 17.6. The van der Waals surface area contributed by atoms with Gasteiger partial charge in [-0.2, -0.15) is 0 Å². The van der Waals surface area contributed by atoms with E-state index in [1.54, 1.807) is 0 Å². The zero-order chi connectivity index (χ0) is 62.1. The van der Waals surface area contributed by atoms with Crippen LogP contribution < -0.4 is 18.9 Å².